The predicted molar refractivity (Wildman–Crippen MR) is 146 cm³/mol. The van der Waals surface area contributed by atoms with Gasteiger partial charge in [-0.25, -0.2) is 9.50 Å². The van der Waals surface area contributed by atoms with E-state index in [1.54, 1.807) is 11.9 Å². The monoisotopic (exact) mass is 480 g/mol. The second-order valence-corrected chi connectivity index (χ2v) is 10.4. The van der Waals surface area contributed by atoms with Crippen molar-refractivity contribution in [2.24, 2.45) is 0 Å². The average Bonchev–Trinajstić information content (AvgIpc) is 3.32. The van der Waals surface area contributed by atoms with Crippen LogP contribution in [0.5, 0.6) is 0 Å². The van der Waals surface area contributed by atoms with Gasteiger partial charge in [-0.05, 0) is 66.1 Å². The highest BCUT2D eigenvalue weighted by molar-refractivity contribution is 7.97. The number of fused-ring (bicyclic) bond motifs is 2. The minimum atomic E-state index is 0.865. The molecule has 3 aromatic carbocycles. The highest BCUT2D eigenvalue weighted by Crippen LogP contribution is 2.36. The van der Waals surface area contributed by atoms with Gasteiger partial charge in [0.15, 0.2) is 5.65 Å². The van der Waals surface area contributed by atoms with Crippen LogP contribution in [0.4, 0.5) is 5.69 Å². The largest absolute Gasteiger partial charge is 0.369 e. The number of benzene rings is 3. The molecule has 0 unspecified atom stereocenters. The number of piperazine rings is 1. The van der Waals surface area contributed by atoms with Gasteiger partial charge < -0.3 is 10.2 Å². The minimum absolute atomic E-state index is 0.865. The number of hydrogen-bond donors (Lipinski definition) is 1. The Bertz CT molecular complexity index is 1490. The molecule has 1 fully saturated rings. The zero-order valence-corrected chi connectivity index (χ0v) is 20.8. The van der Waals surface area contributed by atoms with Gasteiger partial charge in [0.05, 0.1) is 6.20 Å². The molecule has 1 aliphatic heterocycles. The van der Waals surface area contributed by atoms with Gasteiger partial charge in [-0.1, -0.05) is 42.5 Å². The zero-order valence-electron chi connectivity index (χ0n) is 20.0. The topological polar surface area (TPSA) is 48.7 Å². The van der Waals surface area contributed by atoms with E-state index in [1.165, 1.54) is 21.4 Å². The molecule has 2 aromatic heterocycles. The number of nitrogens with zero attached hydrogens (tertiary/aromatic N) is 5. The molecule has 6 rings (SSSR count). The lowest BCUT2D eigenvalue weighted by Crippen LogP contribution is -2.43. The summed E-state index contributed by atoms with van der Waals surface area (Å²) in [4.78, 5) is 8.52. The van der Waals surface area contributed by atoms with Gasteiger partial charge in [0, 0.05) is 60.3 Å². The van der Waals surface area contributed by atoms with Gasteiger partial charge in [-0.3, -0.25) is 4.31 Å². The Labute approximate surface area is 209 Å². The Morgan fingerprint density at radius 3 is 2.40 bits per heavy atom. The summed E-state index contributed by atoms with van der Waals surface area (Å²) in [6, 6.07) is 21.7. The molecule has 0 aliphatic carbocycles. The van der Waals surface area contributed by atoms with Crippen molar-refractivity contribution in [3.63, 3.8) is 0 Å². The molecule has 0 spiro atoms. The van der Waals surface area contributed by atoms with Crippen LogP contribution in [0.1, 0.15) is 0 Å². The van der Waals surface area contributed by atoms with Crippen molar-refractivity contribution in [1.29, 1.82) is 0 Å². The van der Waals surface area contributed by atoms with Gasteiger partial charge >= 0.3 is 0 Å². The number of nitrogens with one attached hydrogen (secondary N) is 1. The van der Waals surface area contributed by atoms with Crippen LogP contribution >= 0.6 is 11.9 Å². The quantitative estimate of drug-likeness (QED) is 0.349. The van der Waals surface area contributed by atoms with Crippen LogP contribution in [0.15, 0.2) is 84.1 Å². The molecular formula is C28H28N6S. The van der Waals surface area contributed by atoms with Gasteiger partial charge in [0.25, 0.3) is 0 Å². The molecule has 0 radical (unpaired) electrons. The Morgan fingerprint density at radius 1 is 0.829 bits per heavy atom. The maximum Gasteiger partial charge on any atom is 0.162 e. The lowest BCUT2D eigenvalue weighted by atomic mass is 10.00. The Hall–Kier alpha value is -3.39. The molecule has 35 heavy (non-hydrogen) atoms. The van der Waals surface area contributed by atoms with Gasteiger partial charge in [0.1, 0.15) is 0 Å². The Balaban J connectivity index is 1.35. The SMILES string of the molecule is CN(C)Sc1cccc2c(-c3cnn4cc(-c5ccc(N6CCNCC6)cc5)cnc34)cccc12. The summed E-state index contributed by atoms with van der Waals surface area (Å²) in [6.07, 6.45) is 5.96. The van der Waals surface area contributed by atoms with E-state index in [2.05, 4.69) is 101 Å². The number of hydrogen-bond acceptors (Lipinski definition) is 6. The van der Waals surface area contributed by atoms with E-state index in [1.807, 2.05) is 16.9 Å². The van der Waals surface area contributed by atoms with E-state index < -0.39 is 0 Å². The molecule has 0 atom stereocenters. The van der Waals surface area contributed by atoms with Crippen LogP contribution in [0, 0.1) is 0 Å². The van der Waals surface area contributed by atoms with Crippen molar-refractivity contribution < 1.29 is 0 Å². The smallest absolute Gasteiger partial charge is 0.162 e. The molecule has 6 nitrogen and oxygen atoms in total. The molecule has 0 amide bonds. The third-order valence-electron chi connectivity index (χ3n) is 6.49. The molecule has 176 valence electrons. The number of rotatable bonds is 5. The first-order chi connectivity index (χ1) is 17.2. The lowest BCUT2D eigenvalue weighted by molar-refractivity contribution is 0.589. The first-order valence-corrected chi connectivity index (χ1v) is 12.7. The fourth-order valence-electron chi connectivity index (χ4n) is 4.79. The Morgan fingerprint density at radius 2 is 1.60 bits per heavy atom. The molecule has 5 aromatic rings. The van der Waals surface area contributed by atoms with Crippen molar-refractivity contribution >= 4 is 34.1 Å². The van der Waals surface area contributed by atoms with E-state index in [4.69, 9.17) is 4.98 Å². The number of aromatic nitrogens is 3. The van der Waals surface area contributed by atoms with Crippen molar-refractivity contribution in [2.75, 3.05) is 45.2 Å². The number of anilines is 1. The van der Waals surface area contributed by atoms with Crippen LogP contribution in [0.3, 0.4) is 0 Å². The summed E-state index contributed by atoms with van der Waals surface area (Å²) in [6.45, 7) is 4.17. The Kier molecular flexibility index (Phi) is 5.90. The predicted octanol–water partition coefficient (Wildman–Crippen LogP) is 5.19. The van der Waals surface area contributed by atoms with Crippen molar-refractivity contribution in [1.82, 2.24) is 24.2 Å². The van der Waals surface area contributed by atoms with E-state index in [0.29, 0.717) is 0 Å². The van der Waals surface area contributed by atoms with Crippen LogP contribution in [-0.4, -0.2) is 59.2 Å². The first-order valence-electron chi connectivity index (χ1n) is 11.9. The second kappa shape index (κ2) is 9.34. The van der Waals surface area contributed by atoms with E-state index in [0.717, 1.165) is 54.1 Å². The minimum Gasteiger partial charge on any atom is -0.369 e. The summed E-state index contributed by atoms with van der Waals surface area (Å²) >= 11 is 1.74. The second-order valence-electron chi connectivity index (χ2n) is 9.01. The molecule has 0 saturated carbocycles. The highest BCUT2D eigenvalue weighted by atomic mass is 32.2. The molecular weight excluding hydrogens is 452 g/mol. The van der Waals surface area contributed by atoms with Crippen LogP contribution in [-0.2, 0) is 0 Å². The lowest BCUT2D eigenvalue weighted by Gasteiger charge is -2.29. The summed E-state index contributed by atoms with van der Waals surface area (Å²) in [5, 5.41) is 10.5. The van der Waals surface area contributed by atoms with Crippen molar-refractivity contribution in [3.05, 3.63) is 79.3 Å². The zero-order chi connectivity index (χ0) is 23.8. The summed E-state index contributed by atoms with van der Waals surface area (Å²) in [7, 11) is 4.14. The maximum absolute atomic E-state index is 4.85. The van der Waals surface area contributed by atoms with E-state index in [9.17, 15) is 0 Å². The summed E-state index contributed by atoms with van der Waals surface area (Å²) in [5.41, 5.74) is 6.53. The third-order valence-corrected chi connectivity index (χ3v) is 7.41. The van der Waals surface area contributed by atoms with E-state index >= 15 is 0 Å². The van der Waals surface area contributed by atoms with E-state index in [-0.39, 0.29) is 0 Å². The molecule has 1 N–H and O–H groups in total. The standard InChI is InChI=1S/C28H28N6S/c1-32(2)35-27-8-4-6-23-24(5-3-7-25(23)27)26-18-31-34-19-21(17-30-28(26)34)20-9-11-22(12-10-20)33-15-13-29-14-16-33/h3-12,17-19,29H,13-16H2,1-2H3. The molecule has 3 heterocycles. The average molecular weight is 481 g/mol. The molecule has 1 aliphatic rings. The molecule has 0 bridgehead atoms. The fourth-order valence-corrected chi connectivity index (χ4v) is 5.60. The van der Waals surface area contributed by atoms with Crippen LogP contribution < -0.4 is 10.2 Å². The van der Waals surface area contributed by atoms with Crippen molar-refractivity contribution in [3.8, 4) is 22.3 Å². The normalized spacial score (nSPS) is 14.3. The summed E-state index contributed by atoms with van der Waals surface area (Å²) in [5.74, 6) is 0. The van der Waals surface area contributed by atoms with Crippen LogP contribution in [0.25, 0.3) is 38.7 Å². The third kappa shape index (κ3) is 4.27. The fraction of sp³-hybridized carbons (Fsp3) is 0.214. The maximum atomic E-state index is 4.85. The molecule has 7 heteroatoms. The van der Waals surface area contributed by atoms with Crippen LogP contribution in [0.2, 0.25) is 0 Å². The van der Waals surface area contributed by atoms with Crippen molar-refractivity contribution in [2.45, 2.75) is 4.90 Å². The van der Waals surface area contributed by atoms with Gasteiger partial charge in [-0.15, -0.1) is 0 Å². The molecule has 1 saturated heterocycles. The highest BCUT2D eigenvalue weighted by Gasteiger charge is 2.14. The first kappa shape index (κ1) is 22.1. The summed E-state index contributed by atoms with van der Waals surface area (Å²) < 4.78 is 4.02. The van der Waals surface area contributed by atoms with Gasteiger partial charge in [-0.2, -0.15) is 5.10 Å². The van der Waals surface area contributed by atoms with Gasteiger partial charge in [0.2, 0.25) is 0 Å².